The van der Waals surface area contributed by atoms with Crippen LogP contribution in [0.15, 0.2) is 17.8 Å². The average molecular weight is 228 g/mol. The van der Waals surface area contributed by atoms with Crippen LogP contribution in [0.4, 0.5) is 8.78 Å². The summed E-state index contributed by atoms with van der Waals surface area (Å²) in [4.78, 5) is 9.58. The summed E-state index contributed by atoms with van der Waals surface area (Å²) in [5, 5.41) is 2.37. The normalized spacial score (nSPS) is 12.4. The number of hydrogen-bond donors (Lipinski definition) is 1. The van der Waals surface area contributed by atoms with Gasteiger partial charge in [0, 0.05) is 6.54 Å². The lowest BCUT2D eigenvalue weighted by Gasteiger charge is -2.11. The molecule has 0 fully saturated rings. The second-order valence-electron chi connectivity index (χ2n) is 2.47. The number of alkyl halides is 2. The highest BCUT2D eigenvalue weighted by Gasteiger charge is 2.31. The summed E-state index contributed by atoms with van der Waals surface area (Å²) in [7, 11) is -4.09. The highest BCUT2D eigenvalue weighted by Crippen LogP contribution is 2.16. The molecule has 0 saturated carbocycles. The predicted molar refractivity (Wildman–Crippen MR) is 47.6 cm³/mol. The van der Waals surface area contributed by atoms with E-state index < -0.39 is 21.7 Å². The fraction of sp³-hybridized carbons (Fsp3) is 0.667. The van der Waals surface area contributed by atoms with Crippen LogP contribution >= 0.6 is 0 Å². The summed E-state index contributed by atoms with van der Waals surface area (Å²) in [6.45, 7) is 2.23. The first-order valence-corrected chi connectivity index (χ1v) is 5.26. The minimum Gasteiger partial charge on any atom is -0.213 e. The Kier molecular flexibility index (Phi) is 4.78. The van der Waals surface area contributed by atoms with Crippen LogP contribution in [-0.2, 0) is 10.0 Å². The molecule has 0 aromatic heterocycles. The van der Waals surface area contributed by atoms with Gasteiger partial charge in [-0.05, 0) is 6.08 Å². The van der Waals surface area contributed by atoms with Crippen molar-refractivity contribution in [2.75, 3.05) is 18.8 Å². The highest BCUT2D eigenvalue weighted by atomic mass is 32.2. The molecule has 0 rings (SSSR count). The Morgan fingerprint density at radius 3 is 2.50 bits per heavy atom. The van der Waals surface area contributed by atoms with E-state index in [0.29, 0.717) is 0 Å². The molecule has 0 aromatic rings. The lowest BCUT2D eigenvalue weighted by molar-refractivity contribution is 0.0811. The van der Waals surface area contributed by atoms with Crippen molar-refractivity contribution < 1.29 is 17.2 Å². The van der Waals surface area contributed by atoms with E-state index in [0.717, 1.165) is 0 Å². The van der Waals surface area contributed by atoms with E-state index in [1.54, 1.807) is 4.72 Å². The van der Waals surface area contributed by atoms with Gasteiger partial charge in [-0.3, -0.25) is 0 Å². The van der Waals surface area contributed by atoms with E-state index in [1.807, 2.05) is 0 Å². The molecule has 0 atom stereocenters. The number of nitrogens with one attached hydrogen (secondary N) is 1. The standard InChI is InChI=1S/C6H10F2N2O3S/c1-2-6(7,8)5-14(12,13)10-4-3-9-11/h2,10H,1,3-5H2. The number of allylic oxidation sites excluding steroid dienone is 1. The number of sulfonamides is 1. The summed E-state index contributed by atoms with van der Waals surface area (Å²) >= 11 is 0. The zero-order chi connectivity index (χ0) is 11.2. The molecule has 0 radical (unpaired) electrons. The monoisotopic (exact) mass is 228 g/mol. The molecule has 0 spiro atoms. The van der Waals surface area contributed by atoms with Crippen molar-refractivity contribution in [3.63, 3.8) is 0 Å². The molecule has 0 aromatic carbocycles. The Morgan fingerprint density at radius 1 is 1.50 bits per heavy atom. The van der Waals surface area contributed by atoms with Crippen LogP contribution in [-0.4, -0.2) is 33.2 Å². The van der Waals surface area contributed by atoms with E-state index >= 15 is 0 Å². The quantitative estimate of drug-likeness (QED) is 0.391. The van der Waals surface area contributed by atoms with E-state index in [1.165, 1.54) is 0 Å². The van der Waals surface area contributed by atoms with Gasteiger partial charge in [-0.1, -0.05) is 11.8 Å². The van der Waals surface area contributed by atoms with Crippen molar-refractivity contribution in [3.05, 3.63) is 17.6 Å². The van der Waals surface area contributed by atoms with Crippen LogP contribution in [0.1, 0.15) is 0 Å². The first-order valence-electron chi connectivity index (χ1n) is 3.61. The third-order valence-electron chi connectivity index (χ3n) is 1.21. The fourth-order valence-electron chi connectivity index (χ4n) is 0.610. The summed E-state index contributed by atoms with van der Waals surface area (Å²) in [5.74, 6) is -4.84. The van der Waals surface area contributed by atoms with Crippen LogP contribution in [0.5, 0.6) is 0 Å². The smallest absolute Gasteiger partial charge is 0.213 e. The first kappa shape index (κ1) is 13.1. The van der Waals surface area contributed by atoms with E-state index in [9.17, 15) is 22.1 Å². The summed E-state index contributed by atoms with van der Waals surface area (Å²) < 4.78 is 48.7. The molecule has 0 heterocycles. The molecule has 0 aliphatic rings. The van der Waals surface area contributed by atoms with Gasteiger partial charge in [-0.2, -0.15) is 4.91 Å². The van der Waals surface area contributed by atoms with E-state index in [-0.39, 0.29) is 19.2 Å². The molecule has 0 bridgehead atoms. The maximum absolute atomic E-state index is 12.5. The Balaban J connectivity index is 4.21. The maximum atomic E-state index is 12.5. The van der Waals surface area contributed by atoms with Crippen molar-refractivity contribution >= 4 is 10.0 Å². The van der Waals surface area contributed by atoms with Gasteiger partial charge in [-0.15, -0.1) is 0 Å². The third kappa shape index (κ3) is 5.70. The SMILES string of the molecule is C=CC(F)(F)CS(=O)(=O)NCCN=O. The first-order chi connectivity index (χ1) is 6.33. The Hall–Kier alpha value is -0.890. The van der Waals surface area contributed by atoms with E-state index in [2.05, 4.69) is 11.8 Å². The number of nitrogens with zero attached hydrogens (tertiary/aromatic N) is 1. The zero-order valence-electron chi connectivity index (χ0n) is 7.24. The largest absolute Gasteiger partial charge is 0.281 e. The van der Waals surface area contributed by atoms with Gasteiger partial charge in [0.25, 0.3) is 5.92 Å². The van der Waals surface area contributed by atoms with Gasteiger partial charge in [0.2, 0.25) is 10.0 Å². The zero-order valence-corrected chi connectivity index (χ0v) is 8.06. The van der Waals surface area contributed by atoms with Crippen molar-refractivity contribution in [2.45, 2.75) is 5.92 Å². The van der Waals surface area contributed by atoms with Gasteiger partial charge in [0.15, 0.2) is 0 Å². The topological polar surface area (TPSA) is 75.6 Å². The second kappa shape index (κ2) is 5.11. The third-order valence-corrected chi connectivity index (χ3v) is 2.62. The molecule has 0 aliphatic heterocycles. The predicted octanol–water partition coefficient (Wildman–Crippen LogP) is 0.493. The second-order valence-corrected chi connectivity index (χ2v) is 4.28. The van der Waals surface area contributed by atoms with Gasteiger partial charge in [-0.25, -0.2) is 21.9 Å². The molecular weight excluding hydrogens is 218 g/mol. The summed E-state index contributed by atoms with van der Waals surface area (Å²) in [6, 6.07) is 0. The van der Waals surface area contributed by atoms with Crippen molar-refractivity contribution in [1.82, 2.24) is 4.72 Å². The minimum absolute atomic E-state index is 0.254. The van der Waals surface area contributed by atoms with Crippen LogP contribution in [0.25, 0.3) is 0 Å². The van der Waals surface area contributed by atoms with Crippen molar-refractivity contribution in [2.24, 2.45) is 5.18 Å². The summed E-state index contributed by atoms with van der Waals surface area (Å²) in [5.41, 5.74) is 0. The van der Waals surface area contributed by atoms with Crippen LogP contribution in [0.3, 0.4) is 0 Å². The maximum Gasteiger partial charge on any atom is 0.281 e. The van der Waals surface area contributed by atoms with Crippen molar-refractivity contribution in [3.8, 4) is 0 Å². The molecule has 0 unspecified atom stereocenters. The minimum atomic E-state index is -4.09. The molecule has 0 saturated heterocycles. The van der Waals surface area contributed by atoms with Gasteiger partial charge >= 0.3 is 0 Å². The fourth-order valence-corrected chi connectivity index (χ4v) is 1.74. The number of hydrogen-bond acceptors (Lipinski definition) is 4. The molecule has 1 N–H and O–H groups in total. The highest BCUT2D eigenvalue weighted by molar-refractivity contribution is 7.89. The Bertz CT molecular complexity index is 302. The molecule has 5 nitrogen and oxygen atoms in total. The number of rotatable bonds is 7. The lowest BCUT2D eigenvalue weighted by atomic mass is 10.4. The van der Waals surface area contributed by atoms with Crippen molar-refractivity contribution in [1.29, 1.82) is 0 Å². The Morgan fingerprint density at radius 2 is 2.07 bits per heavy atom. The average Bonchev–Trinajstić information content (AvgIpc) is 2.03. The molecular formula is C6H10F2N2O3S. The molecule has 0 amide bonds. The molecule has 0 aliphatic carbocycles. The lowest BCUT2D eigenvalue weighted by Crippen LogP contribution is -2.35. The molecule has 8 heteroatoms. The Labute approximate surface area is 80.2 Å². The van der Waals surface area contributed by atoms with Gasteiger partial charge < -0.3 is 0 Å². The van der Waals surface area contributed by atoms with Gasteiger partial charge in [0.05, 0.1) is 6.54 Å². The number of nitroso groups, excluding NO2 is 1. The number of halogens is 2. The van der Waals surface area contributed by atoms with Crippen LogP contribution in [0.2, 0.25) is 0 Å². The van der Waals surface area contributed by atoms with Crippen LogP contribution in [0, 0.1) is 4.91 Å². The summed E-state index contributed by atoms with van der Waals surface area (Å²) in [6.07, 6.45) is 0.254. The van der Waals surface area contributed by atoms with Crippen LogP contribution < -0.4 is 4.72 Å². The van der Waals surface area contributed by atoms with Gasteiger partial charge in [0.1, 0.15) is 5.75 Å². The molecule has 14 heavy (non-hydrogen) atoms. The molecule has 82 valence electrons. The van der Waals surface area contributed by atoms with E-state index in [4.69, 9.17) is 0 Å².